The molecule has 1 amide bonds. The van der Waals surface area contributed by atoms with Gasteiger partial charge in [-0.25, -0.2) is 0 Å². The fourth-order valence-corrected chi connectivity index (χ4v) is 6.57. The Kier molecular flexibility index (Phi) is 11.5. The van der Waals surface area contributed by atoms with Gasteiger partial charge in [0.2, 0.25) is 5.91 Å². The summed E-state index contributed by atoms with van der Waals surface area (Å²) in [5, 5.41) is 35.0. The molecule has 51 heavy (non-hydrogen) atoms. The predicted octanol–water partition coefficient (Wildman–Crippen LogP) is 7.50. The summed E-state index contributed by atoms with van der Waals surface area (Å²) in [6.07, 6.45) is 1.69. The lowest BCUT2D eigenvalue weighted by Gasteiger charge is -2.17. The van der Waals surface area contributed by atoms with Gasteiger partial charge in [0.15, 0.2) is 0 Å². The van der Waals surface area contributed by atoms with E-state index in [1.54, 1.807) is 0 Å². The Morgan fingerprint density at radius 2 is 1.04 bits per heavy atom. The van der Waals surface area contributed by atoms with Gasteiger partial charge in [-0.2, -0.15) is 0 Å². The molecule has 2 saturated carbocycles. The van der Waals surface area contributed by atoms with Crippen molar-refractivity contribution < 1.29 is 24.9 Å². The second-order valence-corrected chi connectivity index (χ2v) is 13.3. The molecular formula is C44H44N2O5. The molecule has 0 aliphatic heterocycles. The van der Waals surface area contributed by atoms with Crippen molar-refractivity contribution in [2.24, 2.45) is 17.6 Å². The first-order chi connectivity index (χ1) is 24.9. The van der Waals surface area contributed by atoms with E-state index in [0.717, 1.165) is 45.7 Å². The van der Waals surface area contributed by atoms with Gasteiger partial charge in [-0.05, 0) is 80.6 Å². The monoisotopic (exact) mass is 680 g/mol. The number of aliphatic carboxylic acids is 1. The van der Waals surface area contributed by atoms with Crippen molar-refractivity contribution in [3.63, 3.8) is 0 Å². The van der Waals surface area contributed by atoms with E-state index in [4.69, 9.17) is 15.9 Å². The summed E-state index contributed by atoms with van der Waals surface area (Å²) in [5.41, 5.74) is 10.0. The van der Waals surface area contributed by atoms with Gasteiger partial charge in [0, 0.05) is 5.92 Å². The quantitative estimate of drug-likeness (QED) is 0.107. The number of carbonyl (C=O) groups excluding carboxylic acids is 1. The topological polar surface area (TPSA) is 133 Å². The van der Waals surface area contributed by atoms with E-state index >= 15 is 0 Å². The minimum Gasteiger partial charge on any atom is -0.481 e. The number of hydrogen-bond acceptors (Lipinski definition) is 5. The Morgan fingerprint density at radius 3 is 1.53 bits per heavy atom. The van der Waals surface area contributed by atoms with E-state index in [1.807, 2.05) is 121 Å². The maximum Gasteiger partial charge on any atom is 0.307 e. The van der Waals surface area contributed by atoms with Crippen LogP contribution in [0.5, 0.6) is 0 Å². The molecule has 0 aromatic heterocycles. The first kappa shape index (κ1) is 35.5. The molecule has 260 valence electrons. The second kappa shape index (κ2) is 16.6. The van der Waals surface area contributed by atoms with Crippen molar-refractivity contribution in [1.82, 2.24) is 5.32 Å². The van der Waals surface area contributed by atoms with Crippen LogP contribution >= 0.6 is 0 Å². The van der Waals surface area contributed by atoms with Crippen LogP contribution in [-0.4, -0.2) is 40.4 Å². The van der Waals surface area contributed by atoms with Crippen molar-refractivity contribution in [2.75, 3.05) is 13.2 Å². The number of hydrogen-bond donors (Lipinski definition) is 5. The van der Waals surface area contributed by atoms with Crippen molar-refractivity contribution >= 4 is 33.4 Å². The number of carbonyl (C=O) groups is 2. The van der Waals surface area contributed by atoms with Gasteiger partial charge in [-0.3, -0.25) is 9.59 Å². The molecule has 2 aliphatic carbocycles. The number of benzene rings is 6. The van der Waals surface area contributed by atoms with Crippen LogP contribution < -0.4 is 11.1 Å². The fourth-order valence-electron chi connectivity index (χ4n) is 6.57. The Hall–Kier alpha value is -5.34. The highest BCUT2D eigenvalue weighted by Crippen LogP contribution is 2.48. The molecule has 0 bridgehead atoms. The Labute approximate surface area is 298 Å². The highest BCUT2D eigenvalue weighted by atomic mass is 16.4. The summed E-state index contributed by atoms with van der Waals surface area (Å²) in [7, 11) is 0. The molecule has 7 heteroatoms. The van der Waals surface area contributed by atoms with Crippen LogP contribution in [0, 0.1) is 11.8 Å². The third kappa shape index (κ3) is 9.07. The number of carboxylic acids is 1. The Balaban J connectivity index is 0.000000145. The molecule has 0 radical (unpaired) electrons. The SMILES string of the molecule is N[C@@H](CO)c1ccc2ccccc2c1.O=C(N[C@@H](CO)c1ccc2ccccc2c1)C1CC1c1ccccc1.O=C(O)C1CC1c1ccccc1. The third-order valence-corrected chi connectivity index (χ3v) is 9.76. The second-order valence-electron chi connectivity index (χ2n) is 13.3. The van der Waals surface area contributed by atoms with E-state index in [1.165, 1.54) is 10.9 Å². The minimum atomic E-state index is -0.663. The molecule has 4 unspecified atom stereocenters. The molecule has 2 fully saturated rings. The third-order valence-electron chi connectivity index (χ3n) is 9.76. The summed E-state index contributed by atoms with van der Waals surface area (Å²) < 4.78 is 0. The zero-order chi connectivity index (χ0) is 35.7. The molecule has 6 aromatic carbocycles. The summed E-state index contributed by atoms with van der Waals surface area (Å²) in [6.45, 7) is -0.120. The van der Waals surface area contributed by atoms with E-state index < -0.39 is 5.97 Å². The highest BCUT2D eigenvalue weighted by molar-refractivity contribution is 5.85. The normalized spacial score (nSPS) is 19.7. The van der Waals surface area contributed by atoms with Gasteiger partial charge in [0.25, 0.3) is 0 Å². The summed E-state index contributed by atoms with van der Waals surface area (Å²) in [5.74, 6) is -0.185. The van der Waals surface area contributed by atoms with Crippen molar-refractivity contribution in [1.29, 1.82) is 0 Å². The number of amides is 1. The number of fused-ring (bicyclic) bond motifs is 2. The Bertz CT molecular complexity index is 2070. The summed E-state index contributed by atoms with van der Waals surface area (Å²) >= 11 is 0. The maximum atomic E-state index is 12.6. The molecule has 2 aliphatic rings. The van der Waals surface area contributed by atoms with Gasteiger partial charge in [-0.1, -0.05) is 133 Å². The van der Waals surface area contributed by atoms with Crippen LogP contribution in [0.1, 0.15) is 59.0 Å². The average molecular weight is 681 g/mol. The number of carboxylic acid groups (broad SMARTS) is 1. The molecule has 0 spiro atoms. The summed E-state index contributed by atoms with van der Waals surface area (Å²) in [4.78, 5) is 23.1. The van der Waals surface area contributed by atoms with Gasteiger partial charge in [-0.15, -0.1) is 0 Å². The lowest BCUT2D eigenvalue weighted by atomic mass is 10.0. The van der Waals surface area contributed by atoms with Crippen LogP contribution in [0.25, 0.3) is 21.5 Å². The van der Waals surface area contributed by atoms with E-state index in [-0.39, 0.29) is 49.0 Å². The first-order valence-corrected chi connectivity index (χ1v) is 17.4. The van der Waals surface area contributed by atoms with Crippen LogP contribution in [0.15, 0.2) is 146 Å². The predicted molar refractivity (Wildman–Crippen MR) is 202 cm³/mol. The van der Waals surface area contributed by atoms with Crippen LogP contribution in [0.3, 0.4) is 0 Å². The fraction of sp³-hybridized carbons (Fsp3) is 0.227. The Morgan fingerprint density at radius 1 is 0.588 bits per heavy atom. The first-order valence-electron chi connectivity index (χ1n) is 17.4. The molecule has 7 nitrogen and oxygen atoms in total. The zero-order valence-corrected chi connectivity index (χ0v) is 28.4. The van der Waals surface area contributed by atoms with Gasteiger partial charge < -0.3 is 26.4 Å². The van der Waals surface area contributed by atoms with Gasteiger partial charge in [0.05, 0.1) is 31.2 Å². The summed E-state index contributed by atoms with van der Waals surface area (Å²) in [6, 6.07) is 47.6. The van der Waals surface area contributed by atoms with Gasteiger partial charge in [0.1, 0.15) is 0 Å². The highest BCUT2D eigenvalue weighted by Gasteiger charge is 2.44. The van der Waals surface area contributed by atoms with Crippen LogP contribution in [0.4, 0.5) is 0 Å². The van der Waals surface area contributed by atoms with Crippen LogP contribution in [-0.2, 0) is 9.59 Å². The molecule has 6 N–H and O–H groups in total. The minimum absolute atomic E-state index is 0.0110. The van der Waals surface area contributed by atoms with Crippen molar-refractivity contribution in [2.45, 2.75) is 36.8 Å². The number of aliphatic hydroxyl groups is 2. The molecule has 6 atom stereocenters. The van der Waals surface area contributed by atoms with E-state index in [0.29, 0.717) is 5.92 Å². The number of rotatable bonds is 9. The van der Waals surface area contributed by atoms with Crippen molar-refractivity contribution in [3.8, 4) is 0 Å². The zero-order valence-electron chi connectivity index (χ0n) is 28.4. The lowest BCUT2D eigenvalue weighted by molar-refractivity contribution is -0.138. The smallest absolute Gasteiger partial charge is 0.307 e. The standard InChI is InChI=1S/C22H21NO2.C12H13NO.C10H10O2/c24-14-21(18-11-10-15-6-4-5-9-17(15)12-18)23-22(25)20-13-19(20)16-7-2-1-3-8-16;13-12(8-14)11-6-5-9-3-1-2-4-10(9)7-11;11-10(12)9-6-8(9)7-4-2-1-3-5-7/h1-12,19-21,24H,13-14H2,(H,23,25);1-7,12,14H,8,13H2;1-5,8-9H,6H2,(H,11,12)/t19?,20?,21-;12-;/m00./s1. The largest absolute Gasteiger partial charge is 0.481 e. The molecule has 6 aromatic rings. The molecule has 0 heterocycles. The molecule has 0 saturated heterocycles. The number of aliphatic hydroxyl groups excluding tert-OH is 2. The van der Waals surface area contributed by atoms with E-state index in [9.17, 15) is 14.7 Å². The lowest BCUT2D eigenvalue weighted by Crippen LogP contribution is -2.32. The maximum absolute atomic E-state index is 12.6. The molecular weight excluding hydrogens is 636 g/mol. The van der Waals surface area contributed by atoms with Gasteiger partial charge >= 0.3 is 5.97 Å². The van der Waals surface area contributed by atoms with Crippen LogP contribution in [0.2, 0.25) is 0 Å². The van der Waals surface area contributed by atoms with E-state index in [2.05, 4.69) is 29.6 Å². The number of nitrogens with two attached hydrogens (primary N) is 1. The number of nitrogens with one attached hydrogen (secondary N) is 1. The molecule has 8 rings (SSSR count). The van der Waals surface area contributed by atoms with Crippen molar-refractivity contribution in [3.05, 3.63) is 168 Å². The average Bonchev–Trinajstić information content (AvgIpc) is 4.12.